The van der Waals surface area contributed by atoms with Crippen LogP contribution in [0.5, 0.6) is 0 Å². The van der Waals surface area contributed by atoms with E-state index in [1.807, 2.05) is 30.3 Å². The number of carbonyl (C=O) groups excluding carboxylic acids is 2. The van der Waals surface area contributed by atoms with Crippen molar-refractivity contribution in [3.63, 3.8) is 0 Å². The number of esters is 1. The van der Waals surface area contributed by atoms with E-state index in [0.29, 0.717) is 22.2 Å². The Hall–Kier alpha value is -3.81. The molecule has 3 rings (SSSR count). The van der Waals surface area contributed by atoms with Crippen LogP contribution in [0.15, 0.2) is 61.2 Å². The Kier molecular flexibility index (Phi) is 10.3. The summed E-state index contributed by atoms with van der Waals surface area (Å²) in [6, 6.07) is 11.0. The topological polar surface area (TPSA) is 103 Å². The van der Waals surface area contributed by atoms with Gasteiger partial charge in [0.15, 0.2) is 0 Å². The van der Waals surface area contributed by atoms with Gasteiger partial charge in [-0.15, -0.1) is 12.4 Å². The zero-order valence-corrected chi connectivity index (χ0v) is 19.6. The maximum absolute atomic E-state index is 13.0. The molecule has 0 saturated carbocycles. The number of hydrogen-bond donors (Lipinski definition) is 1. The van der Waals surface area contributed by atoms with Crippen molar-refractivity contribution in [3.05, 3.63) is 83.4 Å². The molecule has 0 spiro atoms. The lowest BCUT2D eigenvalue weighted by Gasteiger charge is -2.24. The van der Waals surface area contributed by atoms with Crippen molar-refractivity contribution in [3.8, 4) is 11.8 Å². The average molecular weight is 504 g/mol. The standard InChI is InChI=1S/C24H23F2N5O3.ClH/c1-30(16-21(34-22(32)11-27)10-17-5-3-2-4-6-17)23(33)20-9-18(12-28-14-20)7-8-19-13-29-31(15-19)24(25)26;/h2-6,9,12-15,21,24H,10-11,16,27H2,1H3;1H/t21-;/m0./s1. The summed E-state index contributed by atoms with van der Waals surface area (Å²) >= 11 is 0. The summed E-state index contributed by atoms with van der Waals surface area (Å²) in [7, 11) is 1.59. The van der Waals surface area contributed by atoms with Crippen molar-refractivity contribution in [2.45, 2.75) is 19.1 Å². The van der Waals surface area contributed by atoms with Crippen LogP contribution < -0.4 is 5.73 Å². The van der Waals surface area contributed by atoms with Crippen molar-refractivity contribution < 1.29 is 23.1 Å². The fourth-order valence-corrected chi connectivity index (χ4v) is 3.14. The van der Waals surface area contributed by atoms with Gasteiger partial charge in [0.05, 0.1) is 30.4 Å². The molecule has 1 amide bonds. The minimum atomic E-state index is -2.75. The Morgan fingerprint density at radius 1 is 1.14 bits per heavy atom. The number of ether oxygens (including phenoxy) is 1. The van der Waals surface area contributed by atoms with Gasteiger partial charge in [0.25, 0.3) is 5.91 Å². The van der Waals surface area contributed by atoms with Crippen LogP contribution in [0.2, 0.25) is 0 Å². The first kappa shape index (κ1) is 27.4. The van der Waals surface area contributed by atoms with E-state index < -0.39 is 18.6 Å². The summed E-state index contributed by atoms with van der Waals surface area (Å²) in [5.74, 6) is 4.60. The molecule has 0 aliphatic carbocycles. The molecule has 0 aliphatic heterocycles. The fraction of sp³-hybridized carbons (Fsp3) is 0.250. The molecule has 3 aromatic rings. The number of halogens is 3. The highest BCUT2D eigenvalue weighted by molar-refractivity contribution is 5.94. The second kappa shape index (κ2) is 13.2. The number of rotatable bonds is 8. The van der Waals surface area contributed by atoms with Crippen molar-refractivity contribution in [1.82, 2.24) is 19.7 Å². The van der Waals surface area contributed by atoms with Crippen LogP contribution >= 0.6 is 12.4 Å². The molecule has 35 heavy (non-hydrogen) atoms. The van der Waals surface area contributed by atoms with Gasteiger partial charge in [-0.2, -0.15) is 13.9 Å². The number of alkyl halides is 2. The normalized spacial score (nSPS) is 11.1. The van der Waals surface area contributed by atoms with Crippen molar-refractivity contribution in [1.29, 1.82) is 0 Å². The molecule has 1 atom stereocenters. The van der Waals surface area contributed by atoms with Crippen LogP contribution in [0.4, 0.5) is 8.78 Å². The first-order valence-corrected chi connectivity index (χ1v) is 10.3. The van der Waals surface area contributed by atoms with E-state index in [4.69, 9.17) is 10.5 Å². The zero-order chi connectivity index (χ0) is 24.5. The quantitative estimate of drug-likeness (QED) is 0.374. The number of nitrogens with zero attached hydrogens (tertiary/aromatic N) is 4. The lowest BCUT2D eigenvalue weighted by molar-refractivity contribution is -0.147. The van der Waals surface area contributed by atoms with Crippen LogP contribution in [0.25, 0.3) is 0 Å². The minimum Gasteiger partial charge on any atom is -0.459 e. The second-order valence-electron chi connectivity index (χ2n) is 7.39. The van der Waals surface area contributed by atoms with Gasteiger partial charge in [0.2, 0.25) is 0 Å². The van der Waals surface area contributed by atoms with Crippen molar-refractivity contribution >= 4 is 24.3 Å². The predicted molar refractivity (Wildman–Crippen MR) is 127 cm³/mol. The summed E-state index contributed by atoms with van der Waals surface area (Å²) in [5.41, 5.74) is 7.35. The molecular weight excluding hydrogens is 480 g/mol. The van der Waals surface area contributed by atoms with E-state index in [1.165, 1.54) is 23.5 Å². The molecule has 184 valence electrons. The Balaban J connectivity index is 0.00000432. The Bertz CT molecular complexity index is 1190. The number of carbonyl (C=O) groups is 2. The van der Waals surface area contributed by atoms with Gasteiger partial charge >= 0.3 is 12.5 Å². The number of hydrogen-bond acceptors (Lipinski definition) is 6. The van der Waals surface area contributed by atoms with Gasteiger partial charge in [-0.1, -0.05) is 42.2 Å². The summed E-state index contributed by atoms with van der Waals surface area (Å²) in [6.45, 7) is -2.87. The van der Waals surface area contributed by atoms with Gasteiger partial charge in [-0.25, -0.2) is 4.68 Å². The first-order valence-electron chi connectivity index (χ1n) is 10.3. The van der Waals surface area contributed by atoms with E-state index in [1.54, 1.807) is 13.1 Å². The Morgan fingerprint density at radius 3 is 2.51 bits per heavy atom. The molecule has 11 heteroatoms. The molecule has 2 heterocycles. The largest absolute Gasteiger partial charge is 0.459 e. The van der Waals surface area contributed by atoms with Crippen LogP contribution in [0, 0.1) is 11.8 Å². The summed E-state index contributed by atoms with van der Waals surface area (Å²) in [5, 5.41) is 3.53. The predicted octanol–water partition coefficient (Wildman–Crippen LogP) is 2.68. The maximum atomic E-state index is 13.0. The maximum Gasteiger partial charge on any atom is 0.333 e. The van der Waals surface area contributed by atoms with Gasteiger partial charge in [-0.3, -0.25) is 14.6 Å². The van der Waals surface area contributed by atoms with Gasteiger partial charge in [0, 0.05) is 37.6 Å². The van der Waals surface area contributed by atoms with E-state index in [-0.39, 0.29) is 37.0 Å². The monoisotopic (exact) mass is 503 g/mol. The Labute approximate surface area is 207 Å². The summed E-state index contributed by atoms with van der Waals surface area (Å²) in [4.78, 5) is 30.2. The highest BCUT2D eigenvalue weighted by atomic mass is 35.5. The van der Waals surface area contributed by atoms with Crippen LogP contribution in [-0.4, -0.2) is 57.8 Å². The highest BCUT2D eigenvalue weighted by Crippen LogP contribution is 2.12. The zero-order valence-electron chi connectivity index (χ0n) is 18.8. The number of aromatic nitrogens is 3. The third kappa shape index (κ3) is 8.17. The van der Waals surface area contributed by atoms with E-state index >= 15 is 0 Å². The van der Waals surface area contributed by atoms with E-state index in [0.717, 1.165) is 11.8 Å². The summed E-state index contributed by atoms with van der Waals surface area (Å²) in [6.07, 6.45) is 5.04. The molecule has 1 aromatic carbocycles. The molecule has 0 fully saturated rings. The highest BCUT2D eigenvalue weighted by Gasteiger charge is 2.21. The van der Waals surface area contributed by atoms with E-state index in [9.17, 15) is 18.4 Å². The van der Waals surface area contributed by atoms with Crippen LogP contribution in [0.1, 0.15) is 33.6 Å². The van der Waals surface area contributed by atoms with Crippen molar-refractivity contribution in [2.24, 2.45) is 5.73 Å². The lowest BCUT2D eigenvalue weighted by atomic mass is 10.1. The Morgan fingerprint density at radius 2 is 1.86 bits per heavy atom. The lowest BCUT2D eigenvalue weighted by Crippen LogP contribution is -2.38. The minimum absolute atomic E-state index is 0. The smallest absolute Gasteiger partial charge is 0.333 e. The SMILES string of the molecule is CN(C[C@H](Cc1ccccc1)OC(=O)CN)C(=O)c1cncc(C#Cc2cnn(C(F)F)c2)c1.Cl. The molecule has 0 unspecified atom stereocenters. The van der Waals surface area contributed by atoms with Crippen molar-refractivity contribution in [2.75, 3.05) is 20.1 Å². The number of likely N-dealkylation sites (N-methyl/N-ethyl adjacent to an activating group) is 1. The molecule has 8 nitrogen and oxygen atoms in total. The number of amides is 1. The van der Waals surface area contributed by atoms with Gasteiger partial charge in [-0.05, 0) is 11.6 Å². The van der Waals surface area contributed by atoms with Crippen LogP contribution in [-0.2, 0) is 16.0 Å². The molecule has 0 aliphatic rings. The third-order valence-electron chi connectivity index (χ3n) is 4.73. The summed E-state index contributed by atoms with van der Waals surface area (Å²) < 4.78 is 31.2. The fourth-order valence-electron chi connectivity index (χ4n) is 3.14. The number of pyridine rings is 1. The number of benzene rings is 1. The molecule has 0 saturated heterocycles. The molecular formula is C24H24ClF2N5O3. The first-order chi connectivity index (χ1) is 16.4. The molecule has 2 N–H and O–H groups in total. The molecule has 0 bridgehead atoms. The average Bonchev–Trinajstić information content (AvgIpc) is 3.32. The number of nitrogens with two attached hydrogens (primary N) is 1. The van der Waals surface area contributed by atoms with Crippen LogP contribution in [0.3, 0.4) is 0 Å². The second-order valence-corrected chi connectivity index (χ2v) is 7.39. The molecule has 0 radical (unpaired) electrons. The van der Waals surface area contributed by atoms with Gasteiger partial charge in [0.1, 0.15) is 6.10 Å². The third-order valence-corrected chi connectivity index (χ3v) is 4.73. The van der Waals surface area contributed by atoms with E-state index in [2.05, 4.69) is 21.9 Å². The van der Waals surface area contributed by atoms with Gasteiger partial charge < -0.3 is 15.4 Å². The molecule has 2 aromatic heterocycles.